The van der Waals surface area contributed by atoms with Gasteiger partial charge in [0.1, 0.15) is 0 Å². The van der Waals surface area contributed by atoms with Crippen LogP contribution in [0.2, 0.25) is 0 Å². The zero-order valence-electron chi connectivity index (χ0n) is 14.9. The second-order valence-electron chi connectivity index (χ2n) is 6.51. The molecule has 1 atom stereocenters. The van der Waals surface area contributed by atoms with E-state index in [0.29, 0.717) is 6.42 Å². The van der Waals surface area contributed by atoms with Crippen molar-refractivity contribution >= 4 is 16.7 Å². The van der Waals surface area contributed by atoms with Crippen molar-refractivity contribution in [2.45, 2.75) is 12.5 Å². The van der Waals surface area contributed by atoms with Gasteiger partial charge in [-0.25, -0.2) is 0 Å². The van der Waals surface area contributed by atoms with Gasteiger partial charge in [-0.1, -0.05) is 72.8 Å². The van der Waals surface area contributed by atoms with Crippen LogP contribution >= 0.6 is 0 Å². The second-order valence-corrected chi connectivity index (χ2v) is 6.51. The number of amides is 1. The molecule has 0 saturated heterocycles. The monoisotopic (exact) mass is 352 g/mol. The molecule has 3 heteroatoms. The lowest BCUT2D eigenvalue weighted by Gasteiger charge is -2.20. The molecule has 4 aromatic rings. The van der Waals surface area contributed by atoms with Crippen molar-refractivity contribution in [3.05, 3.63) is 114 Å². The minimum atomic E-state index is -0.198. The number of benzene rings is 3. The van der Waals surface area contributed by atoms with Gasteiger partial charge >= 0.3 is 0 Å². The number of aromatic nitrogens is 1. The number of hydrogen-bond donors (Lipinski definition) is 1. The molecule has 0 radical (unpaired) electrons. The Balaban J connectivity index is 1.60. The van der Waals surface area contributed by atoms with E-state index in [0.717, 1.165) is 27.5 Å². The van der Waals surface area contributed by atoms with E-state index in [2.05, 4.69) is 28.5 Å². The molecule has 0 bridgehead atoms. The standard InChI is InChI=1S/C24H20N2O/c27-23(17-21-11-6-10-18-7-4-5-12-22(18)21)26-24(19-8-2-1-3-9-19)20-13-15-25-16-14-20/h1-16,24H,17H2,(H,26,27)/t24-/m0/s1. The summed E-state index contributed by atoms with van der Waals surface area (Å²) in [5.41, 5.74) is 3.10. The Kier molecular flexibility index (Phi) is 4.93. The lowest BCUT2D eigenvalue weighted by molar-refractivity contribution is -0.120. The lowest BCUT2D eigenvalue weighted by Crippen LogP contribution is -2.30. The van der Waals surface area contributed by atoms with Crippen molar-refractivity contribution in [2.75, 3.05) is 0 Å². The largest absolute Gasteiger partial charge is 0.345 e. The molecule has 1 N–H and O–H groups in total. The van der Waals surface area contributed by atoms with E-state index in [9.17, 15) is 4.79 Å². The molecule has 0 fully saturated rings. The van der Waals surface area contributed by atoms with Gasteiger partial charge in [-0.15, -0.1) is 0 Å². The van der Waals surface area contributed by atoms with Crippen molar-refractivity contribution < 1.29 is 4.79 Å². The highest BCUT2D eigenvalue weighted by Gasteiger charge is 2.17. The predicted molar refractivity (Wildman–Crippen MR) is 108 cm³/mol. The van der Waals surface area contributed by atoms with Gasteiger partial charge in [-0.3, -0.25) is 9.78 Å². The Bertz CT molecular complexity index is 1000. The normalized spacial score (nSPS) is 11.9. The van der Waals surface area contributed by atoms with Crippen molar-refractivity contribution in [3.8, 4) is 0 Å². The molecule has 0 aliphatic rings. The molecule has 1 aromatic heterocycles. The average Bonchev–Trinajstić information content (AvgIpc) is 2.73. The van der Waals surface area contributed by atoms with Crippen LogP contribution in [0.4, 0.5) is 0 Å². The van der Waals surface area contributed by atoms with E-state index in [1.54, 1.807) is 12.4 Å². The van der Waals surface area contributed by atoms with Crippen LogP contribution in [0.1, 0.15) is 22.7 Å². The number of pyridine rings is 1. The van der Waals surface area contributed by atoms with Gasteiger partial charge < -0.3 is 5.32 Å². The highest BCUT2D eigenvalue weighted by Crippen LogP contribution is 2.23. The van der Waals surface area contributed by atoms with Gasteiger partial charge in [0.15, 0.2) is 0 Å². The highest BCUT2D eigenvalue weighted by atomic mass is 16.1. The third-order valence-corrected chi connectivity index (χ3v) is 4.71. The van der Waals surface area contributed by atoms with Crippen LogP contribution in [0.15, 0.2) is 97.3 Å². The maximum atomic E-state index is 12.9. The van der Waals surface area contributed by atoms with Crippen LogP contribution in [0.25, 0.3) is 10.8 Å². The number of carbonyl (C=O) groups excluding carboxylic acids is 1. The van der Waals surface area contributed by atoms with Gasteiger partial charge in [0.25, 0.3) is 0 Å². The number of carbonyl (C=O) groups is 1. The summed E-state index contributed by atoms with van der Waals surface area (Å²) in [4.78, 5) is 17.0. The van der Waals surface area contributed by atoms with Crippen molar-refractivity contribution in [1.82, 2.24) is 10.3 Å². The SMILES string of the molecule is O=C(Cc1cccc2ccccc12)N[C@@H](c1ccccc1)c1ccncc1. The number of nitrogens with one attached hydrogen (secondary N) is 1. The van der Waals surface area contributed by atoms with E-state index in [1.807, 2.05) is 66.7 Å². The third-order valence-electron chi connectivity index (χ3n) is 4.71. The summed E-state index contributed by atoms with van der Waals surface area (Å²) in [6.07, 6.45) is 3.85. The lowest BCUT2D eigenvalue weighted by atomic mass is 9.98. The minimum Gasteiger partial charge on any atom is -0.345 e. The van der Waals surface area contributed by atoms with E-state index >= 15 is 0 Å². The summed E-state index contributed by atoms with van der Waals surface area (Å²) in [6.45, 7) is 0. The summed E-state index contributed by atoms with van der Waals surface area (Å²) in [6, 6.07) is 27.9. The van der Waals surface area contributed by atoms with Crippen molar-refractivity contribution in [1.29, 1.82) is 0 Å². The average molecular weight is 352 g/mol. The first-order valence-corrected chi connectivity index (χ1v) is 9.02. The van der Waals surface area contributed by atoms with E-state index in [4.69, 9.17) is 0 Å². The van der Waals surface area contributed by atoms with Crippen molar-refractivity contribution in [3.63, 3.8) is 0 Å². The topological polar surface area (TPSA) is 42.0 Å². The molecule has 1 heterocycles. The van der Waals surface area contributed by atoms with E-state index in [-0.39, 0.29) is 11.9 Å². The van der Waals surface area contributed by atoms with E-state index in [1.165, 1.54) is 0 Å². The van der Waals surface area contributed by atoms with Crippen LogP contribution in [-0.2, 0) is 11.2 Å². The van der Waals surface area contributed by atoms with Gasteiger partial charge in [-0.2, -0.15) is 0 Å². The molecule has 132 valence electrons. The molecule has 3 aromatic carbocycles. The minimum absolute atomic E-state index is 0.00276. The van der Waals surface area contributed by atoms with Crippen LogP contribution in [0.5, 0.6) is 0 Å². The van der Waals surface area contributed by atoms with Crippen LogP contribution < -0.4 is 5.32 Å². The fourth-order valence-corrected chi connectivity index (χ4v) is 3.39. The number of rotatable bonds is 5. The quantitative estimate of drug-likeness (QED) is 0.566. The smallest absolute Gasteiger partial charge is 0.225 e. The van der Waals surface area contributed by atoms with Crippen molar-refractivity contribution in [2.24, 2.45) is 0 Å². The first-order valence-electron chi connectivity index (χ1n) is 9.02. The molecule has 27 heavy (non-hydrogen) atoms. The first kappa shape index (κ1) is 17.0. The molecule has 0 aliphatic heterocycles. The predicted octanol–water partition coefficient (Wildman–Crippen LogP) is 4.68. The number of nitrogens with zero attached hydrogens (tertiary/aromatic N) is 1. The number of fused-ring (bicyclic) bond motifs is 1. The summed E-state index contributed by atoms with van der Waals surface area (Å²) in [7, 11) is 0. The second kappa shape index (κ2) is 7.83. The van der Waals surface area contributed by atoms with Crippen LogP contribution in [0, 0.1) is 0 Å². The molecule has 3 nitrogen and oxygen atoms in total. The van der Waals surface area contributed by atoms with Crippen LogP contribution in [0.3, 0.4) is 0 Å². The highest BCUT2D eigenvalue weighted by molar-refractivity contribution is 5.90. The zero-order valence-corrected chi connectivity index (χ0v) is 14.9. The van der Waals surface area contributed by atoms with Gasteiger partial charge in [0, 0.05) is 12.4 Å². The molecule has 0 spiro atoms. The van der Waals surface area contributed by atoms with Gasteiger partial charge in [0.05, 0.1) is 12.5 Å². The van der Waals surface area contributed by atoms with Gasteiger partial charge in [0.2, 0.25) is 5.91 Å². The zero-order chi connectivity index (χ0) is 18.5. The summed E-state index contributed by atoms with van der Waals surface area (Å²) in [5, 5.41) is 5.47. The molecule has 4 rings (SSSR count). The Morgan fingerprint density at radius 2 is 1.44 bits per heavy atom. The number of hydrogen-bond acceptors (Lipinski definition) is 2. The van der Waals surface area contributed by atoms with E-state index < -0.39 is 0 Å². The fourth-order valence-electron chi connectivity index (χ4n) is 3.39. The molecule has 0 saturated carbocycles. The fraction of sp³-hybridized carbons (Fsp3) is 0.0833. The Morgan fingerprint density at radius 3 is 2.26 bits per heavy atom. The Morgan fingerprint density at radius 1 is 0.778 bits per heavy atom. The molecule has 1 amide bonds. The third kappa shape index (κ3) is 3.87. The maximum absolute atomic E-state index is 12.9. The molecule has 0 unspecified atom stereocenters. The summed E-state index contributed by atoms with van der Waals surface area (Å²) < 4.78 is 0. The molecule has 0 aliphatic carbocycles. The summed E-state index contributed by atoms with van der Waals surface area (Å²) >= 11 is 0. The van der Waals surface area contributed by atoms with Crippen LogP contribution in [-0.4, -0.2) is 10.9 Å². The maximum Gasteiger partial charge on any atom is 0.225 e. The Hall–Kier alpha value is -3.46. The first-order chi connectivity index (χ1) is 13.3. The molecular formula is C24H20N2O. The van der Waals surface area contributed by atoms with Gasteiger partial charge in [-0.05, 0) is 39.6 Å². The Labute approximate surface area is 158 Å². The summed E-state index contributed by atoms with van der Waals surface area (Å²) in [5.74, 6) is -0.00276. The molecular weight excluding hydrogens is 332 g/mol.